The van der Waals surface area contributed by atoms with Gasteiger partial charge in [0.1, 0.15) is 11.8 Å². The molecule has 0 radical (unpaired) electrons. The molecule has 2 N–H and O–H groups in total. The summed E-state index contributed by atoms with van der Waals surface area (Å²) in [6.45, 7) is 7.05. The molecule has 1 fully saturated rings. The number of aromatic nitrogens is 5. The van der Waals surface area contributed by atoms with E-state index in [4.69, 9.17) is 11.6 Å². The fourth-order valence-corrected chi connectivity index (χ4v) is 5.25. The lowest BCUT2D eigenvalue weighted by Gasteiger charge is -2.23. The van der Waals surface area contributed by atoms with Gasteiger partial charge in [0.25, 0.3) is 0 Å². The van der Waals surface area contributed by atoms with Gasteiger partial charge in [-0.05, 0) is 47.4 Å². The fourth-order valence-electron chi connectivity index (χ4n) is 4.98. The van der Waals surface area contributed by atoms with Gasteiger partial charge in [-0.3, -0.25) is 9.97 Å². The number of rotatable bonds is 7. The number of benzene rings is 2. The van der Waals surface area contributed by atoms with Crippen LogP contribution < -0.4 is 10.6 Å². The summed E-state index contributed by atoms with van der Waals surface area (Å²) >= 11 is 6.79. The molecule has 0 bridgehead atoms. The summed E-state index contributed by atoms with van der Waals surface area (Å²) < 4.78 is 1.68. The SMILES string of the molecule is CC(C)(C)CNc1c(C#N)cnc2c(Cl)cc(NC(c3cn(C4(C#N)CC4)nn3)c3cccc4cnccc34)cc12. The monoisotopic (exact) mass is 561 g/mol. The highest BCUT2D eigenvalue weighted by molar-refractivity contribution is 6.35. The van der Waals surface area contributed by atoms with Crippen molar-refractivity contribution in [1.29, 1.82) is 10.5 Å². The number of halogens is 1. The summed E-state index contributed by atoms with van der Waals surface area (Å²) in [5.74, 6) is 0. The molecular weight excluding hydrogens is 534 g/mol. The summed E-state index contributed by atoms with van der Waals surface area (Å²) in [7, 11) is 0. The van der Waals surface area contributed by atoms with Crippen LogP contribution in [-0.2, 0) is 5.54 Å². The van der Waals surface area contributed by atoms with Gasteiger partial charge in [0.2, 0.25) is 0 Å². The highest BCUT2D eigenvalue weighted by Gasteiger charge is 2.47. The molecule has 1 saturated carbocycles. The minimum atomic E-state index is -0.627. The van der Waals surface area contributed by atoms with Crippen LogP contribution in [0.5, 0.6) is 0 Å². The van der Waals surface area contributed by atoms with E-state index in [0.29, 0.717) is 34.0 Å². The molecule has 1 aliphatic carbocycles. The smallest absolute Gasteiger partial charge is 0.150 e. The summed E-state index contributed by atoms with van der Waals surface area (Å²) in [6.07, 6.45) is 8.51. The zero-order chi connectivity index (χ0) is 28.8. The van der Waals surface area contributed by atoms with Crippen LogP contribution in [0.1, 0.15) is 56.5 Å². The van der Waals surface area contributed by atoms with Gasteiger partial charge in [-0.15, -0.1) is 5.10 Å². The standard InChI is InChI=1S/C31H28ClN9/c1-30(2,3)18-37-27-20(13-33)15-36-28-24(27)11-21(12-25(28)32)38-29(23-6-4-5-19-14-35-10-7-22(19)23)26-16-41(40-39-26)31(17-34)8-9-31/h4-7,10-12,14-16,29,38H,8-9,18H2,1-3H3,(H,36,37). The molecule has 0 spiro atoms. The van der Waals surface area contributed by atoms with Crippen molar-refractivity contribution in [2.45, 2.75) is 45.2 Å². The normalized spacial score (nSPS) is 14.8. The molecule has 9 nitrogen and oxygen atoms in total. The van der Waals surface area contributed by atoms with E-state index in [1.165, 1.54) is 0 Å². The van der Waals surface area contributed by atoms with Crippen LogP contribution in [0.15, 0.2) is 61.2 Å². The second kappa shape index (κ2) is 10.0. The minimum Gasteiger partial charge on any atom is -0.383 e. The van der Waals surface area contributed by atoms with Crippen molar-refractivity contribution >= 4 is 44.7 Å². The van der Waals surface area contributed by atoms with Crippen molar-refractivity contribution < 1.29 is 0 Å². The molecule has 2 aromatic carbocycles. The Morgan fingerprint density at radius 2 is 1.95 bits per heavy atom. The number of anilines is 2. The first-order valence-corrected chi connectivity index (χ1v) is 13.8. The van der Waals surface area contributed by atoms with Crippen LogP contribution >= 0.6 is 11.6 Å². The zero-order valence-electron chi connectivity index (χ0n) is 23.0. The third kappa shape index (κ3) is 5.01. The molecule has 3 aromatic heterocycles. The second-order valence-electron chi connectivity index (χ2n) is 11.7. The van der Waals surface area contributed by atoms with Crippen molar-refractivity contribution in [3.8, 4) is 12.1 Å². The summed E-state index contributed by atoms with van der Waals surface area (Å²) in [6, 6.07) is 16.0. The first kappa shape index (κ1) is 26.5. The van der Waals surface area contributed by atoms with Crippen LogP contribution in [0.25, 0.3) is 21.7 Å². The lowest BCUT2D eigenvalue weighted by molar-refractivity contribution is 0.443. The average molecular weight is 562 g/mol. The molecular formula is C31H28ClN9. The Morgan fingerprint density at radius 3 is 2.68 bits per heavy atom. The van der Waals surface area contributed by atoms with E-state index in [9.17, 15) is 10.5 Å². The predicted molar refractivity (Wildman–Crippen MR) is 159 cm³/mol. The predicted octanol–water partition coefficient (Wildman–Crippen LogP) is 6.57. The zero-order valence-corrected chi connectivity index (χ0v) is 23.7. The lowest BCUT2D eigenvalue weighted by Crippen LogP contribution is -2.20. The highest BCUT2D eigenvalue weighted by Crippen LogP contribution is 2.43. The Kier molecular flexibility index (Phi) is 6.48. The van der Waals surface area contributed by atoms with E-state index < -0.39 is 11.6 Å². The molecule has 3 heterocycles. The molecule has 0 saturated heterocycles. The van der Waals surface area contributed by atoms with E-state index in [-0.39, 0.29) is 5.41 Å². The Morgan fingerprint density at radius 1 is 1.12 bits per heavy atom. The first-order valence-electron chi connectivity index (χ1n) is 13.4. The van der Waals surface area contributed by atoms with E-state index >= 15 is 0 Å². The minimum absolute atomic E-state index is 0.00946. The number of nitriles is 2. The molecule has 1 unspecified atom stereocenters. The molecule has 1 atom stereocenters. The van der Waals surface area contributed by atoms with E-state index in [1.807, 2.05) is 48.8 Å². The quantitative estimate of drug-likeness (QED) is 0.228. The lowest BCUT2D eigenvalue weighted by atomic mass is 9.96. The van der Waals surface area contributed by atoms with Gasteiger partial charge in [0, 0.05) is 41.6 Å². The fraction of sp³-hybridized carbons (Fsp3) is 0.290. The largest absolute Gasteiger partial charge is 0.383 e. The molecule has 6 rings (SSSR count). The van der Waals surface area contributed by atoms with Gasteiger partial charge >= 0.3 is 0 Å². The number of pyridine rings is 2. The third-order valence-corrected chi connectivity index (χ3v) is 7.64. The van der Waals surface area contributed by atoms with E-state index in [1.54, 1.807) is 17.1 Å². The van der Waals surface area contributed by atoms with Gasteiger partial charge in [-0.25, -0.2) is 4.68 Å². The summed E-state index contributed by atoms with van der Waals surface area (Å²) in [5.41, 5.74) is 3.49. The van der Waals surface area contributed by atoms with Crippen molar-refractivity contribution in [2.75, 3.05) is 17.2 Å². The Hall–Kier alpha value is -4.73. The Balaban J connectivity index is 1.49. The van der Waals surface area contributed by atoms with Gasteiger partial charge in [-0.2, -0.15) is 10.5 Å². The molecule has 0 amide bonds. The maximum atomic E-state index is 9.86. The van der Waals surface area contributed by atoms with E-state index in [0.717, 1.165) is 40.3 Å². The van der Waals surface area contributed by atoms with Crippen LogP contribution in [-0.4, -0.2) is 31.5 Å². The van der Waals surface area contributed by atoms with Crippen molar-refractivity contribution in [2.24, 2.45) is 5.41 Å². The van der Waals surface area contributed by atoms with Gasteiger partial charge in [0.05, 0.1) is 40.1 Å². The maximum absolute atomic E-state index is 9.86. The first-order chi connectivity index (χ1) is 19.7. The van der Waals surface area contributed by atoms with Gasteiger partial charge in [0.15, 0.2) is 5.54 Å². The number of hydrogen-bond acceptors (Lipinski definition) is 8. The molecule has 5 aromatic rings. The molecule has 10 heteroatoms. The number of hydrogen-bond donors (Lipinski definition) is 2. The number of fused-ring (bicyclic) bond motifs is 2. The topological polar surface area (TPSA) is 128 Å². The summed E-state index contributed by atoms with van der Waals surface area (Å²) in [4.78, 5) is 8.78. The van der Waals surface area contributed by atoms with Gasteiger partial charge in [-0.1, -0.05) is 55.8 Å². The van der Waals surface area contributed by atoms with Crippen molar-refractivity contribution in [1.82, 2.24) is 25.0 Å². The molecule has 204 valence electrons. The Labute approximate surface area is 242 Å². The maximum Gasteiger partial charge on any atom is 0.150 e. The van der Waals surface area contributed by atoms with Crippen LogP contribution in [0, 0.1) is 28.1 Å². The van der Waals surface area contributed by atoms with E-state index in [2.05, 4.69) is 63.8 Å². The van der Waals surface area contributed by atoms with Crippen LogP contribution in [0.4, 0.5) is 11.4 Å². The average Bonchev–Trinajstić information content (AvgIpc) is 3.61. The van der Waals surface area contributed by atoms with Gasteiger partial charge < -0.3 is 10.6 Å². The Bertz CT molecular complexity index is 1860. The third-order valence-electron chi connectivity index (χ3n) is 7.35. The van der Waals surface area contributed by atoms with Crippen LogP contribution in [0.2, 0.25) is 5.02 Å². The molecule has 0 aliphatic heterocycles. The van der Waals surface area contributed by atoms with Crippen LogP contribution in [0.3, 0.4) is 0 Å². The van der Waals surface area contributed by atoms with Crippen molar-refractivity contribution in [3.05, 3.63) is 83.0 Å². The molecule has 41 heavy (non-hydrogen) atoms. The second-order valence-corrected chi connectivity index (χ2v) is 12.1. The van der Waals surface area contributed by atoms with Crippen molar-refractivity contribution in [3.63, 3.8) is 0 Å². The number of nitrogens with zero attached hydrogens (tertiary/aromatic N) is 7. The molecule has 1 aliphatic rings. The number of nitrogens with one attached hydrogen (secondary N) is 2. The summed E-state index contributed by atoms with van der Waals surface area (Å²) in [5, 5.41) is 38.8. The highest BCUT2D eigenvalue weighted by atomic mass is 35.5.